The molecular formula is C90H171N3O25. The van der Waals surface area contributed by atoms with Gasteiger partial charge in [-0.1, -0.05) is 208 Å². The maximum atomic E-state index is 12.5. The van der Waals surface area contributed by atoms with Crippen LogP contribution in [0.15, 0.2) is 0 Å². The van der Waals surface area contributed by atoms with Crippen LogP contribution < -0.4 is 16.0 Å². The van der Waals surface area contributed by atoms with Crippen molar-refractivity contribution in [3.05, 3.63) is 0 Å². The first-order chi connectivity index (χ1) is 57.2. The molecule has 0 aliphatic rings. The molecule has 0 aromatic heterocycles. The SMILES string of the molecule is C.CCC(=O)CCCOCCOCCOCCOCCOCCOCCOCCOCCC(=O)NCCCCC(CC(=O)CCCCCCCCCCCCCCCCC(=O)O)C(=O)O.CCCCCCCCCCCCCCCCCC(=O)CC(CCCCNC(=O)CCOCCOCCOCCOCCOCCNC(=O)CC)C(=O)O. The summed E-state index contributed by atoms with van der Waals surface area (Å²) in [5.74, 6) is -3.77. The smallest absolute Gasteiger partial charge is 0.306 e. The molecule has 0 aliphatic carbocycles. The largest absolute Gasteiger partial charge is 0.481 e. The van der Waals surface area contributed by atoms with Gasteiger partial charge in [0.25, 0.3) is 0 Å². The molecule has 2 atom stereocenters. The van der Waals surface area contributed by atoms with Crippen molar-refractivity contribution in [3.8, 4) is 0 Å². The van der Waals surface area contributed by atoms with Gasteiger partial charge < -0.3 is 92.8 Å². The van der Waals surface area contributed by atoms with E-state index in [0.717, 1.165) is 64.2 Å². The maximum Gasteiger partial charge on any atom is 0.306 e. The number of unbranched alkanes of at least 4 members (excludes halogenated alkanes) is 29. The molecule has 28 nitrogen and oxygen atoms in total. The lowest BCUT2D eigenvalue weighted by Crippen LogP contribution is -2.26. The van der Waals surface area contributed by atoms with Gasteiger partial charge in [0.05, 0.1) is 177 Å². The highest BCUT2D eigenvalue weighted by Gasteiger charge is 2.22. The molecule has 0 aromatic carbocycles. The lowest BCUT2D eigenvalue weighted by molar-refractivity contribution is -0.144. The number of ether oxygens (including phenoxy) is 13. The van der Waals surface area contributed by atoms with Crippen LogP contribution in [0.2, 0.25) is 0 Å². The summed E-state index contributed by atoms with van der Waals surface area (Å²) in [7, 11) is 0. The lowest BCUT2D eigenvalue weighted by Gasteiger charge is -2.12. The molecule has 0 rings (SSSR count). The molecule has 0 radical (unpaired) electrons. The number of Topliss-reactive ketones (excluding diaryl/α,β-unsaturated/α-hetero) is 3. The number of aliphatic carboxylic acids is 3. The van der Waals surface area contributed by atoms with E-state index in [2.05, 4.69) is 22.9 Å². The third-order valence-corrected chi connectivity index (χ3v) is 19.5. The molecule has 6 N–H and O–H groups in total. The highest BCUT2D eigenvalue weighted by molar-refractivity contribution is 5.84. The van der Waals surface area contributed by atoms with Gasteiger partial charge in [0, 0.05) is 90.4 Å². The molecule has 0 fully saturated rings. The van der Waals surface area contributed by atoms with E-state index < -0.39 is 29.7 Å². The molecule has 0 spiro atoms. The minimum absolute atomic E-state index is 0. The molecule has 0 saturated carbocycles. The zero-order chi connectivity index (χ0) is 85.7. The minimum atomic E-state index is -0.934. The van der Waals surface area contributed by atoms with Gasteiger partial charge in [0.15, 0.2) is 0 Å². The Labute approximate surface area is 712 Å². The van der Waals surface area contributed by atoms with Gasteiger partial charge in [0.2, 0.25) is 17.7 Å². The summed E-state index contributed by atoms with van der Waals surface area (Å²) >= 11 is 0. The van der Waals surface area contributed by atoms with Gasteiger partial charge in [-0.2, -0.15) is 0 Å². The van der Waals surface area contributed by atoms with E-state index in [1.807, 2.05) is 6.92 Å². The second kappa shape index (κ2) is 97.8. The van der Waals surface area contributed by atoms with Crippen LogP contribution in [0.5, 0.6) is 0 Å². The molecule has 28 heteroatoms. The number of rotatable bonds is 97. The summed E-state index contributed by atoms with van der Waals surface area (Å²) in [4.78, 5) is 105. The number of nitrogens with one attached hydrogen (secondary N) is 3. The molecule has 0 heterocycles. The van der Waals surface area contributed by atoms with Crippen LogP contribution >= 0.6 is 0 Å². The number of ketones is 3. The molecule has 3 amide bonds. The summed E-state index contributed by atoms with van der Waals surface area (Å²) < 4.78 is 70.9. The van der Waals surface area contributed by atoms with Crippen LogP contribution in [0.4, 0.5) is 0 Å². The van der Waals surface area contributed by atoms with Crippen LogP contribution in [0.3, 0.4) is 0 Å². The van der Waals surface area contributed by atoms with Crippen molar-refractivity contribution in [2.45, 2.75) is 324 Å². The first kappa shape index (κ1) is 117. The quantitative estimate of drug-likeness (QED) is 0.0308. The van der Waals surface area contributed by atoms with Crippen LogP contribution in [-0.2, 0) is 105 Å². The normalized spacial score (nSPS) is 11.7. The predicted octanol–water partition coefficient (Wildman–Crippen LogP) is 15.4. The van der Waals surface area contributed by atoms with E-state index in [1.54, 1.807) is 6.92 Å². The van der Waals surface area contributed by atoms with Gasteiger partial charge in [-0.05, 0) is 51.4 Å². The number of hydrogen-bond acceptors (Lipinski definition) is 22. The van der Waals surface area contributed by atoms with E-state index in [-0.39, 0.29) is 81.2 Å². The van der Waals surface area contributed by atoms with Crippen molar-refractivity contribution in [1.29, 1.82) is 0 Å². The number of amides is 3. The van der Waals surface area contributed by atoms with Gasteiger partial charge >= 0.3 is 17.9 Å². The summed E-state index contributed by atoms with van der Waals surface area (Å²) in [6, 6.07) is 0. The van der Waals surface area contributed by atoms with Gasteiger partial charge in [-0.25, -0.2) is 0 Å². The minimum Gasteiger partial charge on any atom is -0.481 e. The van der Waals surface area contributed by atoms with Crippen molar-refractivity contribution in [3.63, 3.8) is 0 Å². The Balaban J connectivity index is -0.00000226. The molecular weight excluding hydrogens is 1520 g/mol. The van der Waals surface area contributed by atoms with Crippen LogP contribution in [0.1, 0.15) is 324 Å². The van der Waals surface area contributed by atoms with Crippen molar-refractivity contribution in [1.82, 2.24) is 16.0 Å². The topological polar surface area (TPSA) is 370 Å². The summed E-state index contributed by atoms with van der Waals surface area (Å²) in [6.07, 6.45) is 42.5. The number of carboxylic acids is 3. The Bertz CT molecular complexity index is 2260. The fourth-order valence-corrected chi connectivity index (χ4v) is 12.3. The Morgan fingerprint density at radius 1 is 0.229 bits per heavy atom. The Morgan fingerprint density at radius 3 is 0.746 bits per heavy atom. The van der Waals surface area contributed by atoms with Crippen LogP contribution in [0, 0.1) is 11.8 Å². The lowest BCUT2D eigenvalue weighted by atomic mass is 9.94. The van der Waals surface area contributed by atoms with E-state index in [9.17, 15) is 53.4 Å². The standard InChI is InChI=1S/C48H89NO15.C41H78N2O10.CH4/c1-2-44(50)22-19-26-57-28-30-59-32-34-61-36-38-63-40-41-64-39-37-62-35-33-60-31-29-58-27-24-46(52)49-25-18-17-20-43(48(55)56)42-45(51)21-15-13-11-9-7-5-3-4-6-8-10-12-14-16-23-47(53)54;1-3-5-6-7-8-9-10-11-12-13-14-15-16-17-18-22-38(44)36-37(41(47)48)21-19-20-24-42-40(46)23-26-49-28-30-51-32-34-53-35-33-52-31-29-50-27-25-43-39(45)4-2;/h43H,2-42H2,1H3,(H,49,52)(H,53,54)(H,55,56);37H,3-36H2,1-2H3,(H,42,46)(H,43,45)(H,47,48);1H4. The highest BCUT2D eigenvalue weighted by atomic mass is 16.6. The third-order valence-electron chi connectivity index (χ3n) is 19.5. The van der Waals surface area contributed by atoms with Crippen molar-refractivity contribution in [2.75, 3.05) is 191 Å². The second-order valence-electron chi connectivity index (χ2n) is 30.0. The molecule has 0 bridgehead atoms. The maximum absolute atomic E-state index is 12.5. The number of hydrogen-bond donors (Lipinski definition) is 6. The number of carbonyl (C=O) groups excluding carboxylic acids is 6. The first-order valence-electron chi connectivity index (χ1n) is 45.7. The summed E-state index contributed by atoms with van der Waals surface area (Å²) in [5, 5.41) is 36.3. The van der Waals surface area contributed by atoms with Crippen molar-refractivity contribution < 1.29 is 120 Å². The van der Waals surface area contributed by atoms with Crippen LogP contribution in [-0.4, -0.2) is 260 Å². The fourth-order valence-electron chi connectivity index (χ4n) is 12.3. The van der Waals surface area contributed by atoms with E-state index >= 15 is 0 Å². The summed E-state index contributed by atoms with van der Waals surface area (Å²) in [6.45, 7) is 18.9. The van der Waals surface area contributed by atoms with Crippen molar-refractivity contribution >= 4 is 53.0 Å². The highest BCUT2D eigenvalue weighted by Crippen LogP contribution is 2.20. The zero-order valence-electron chi connectivity index (χ0n) is 73.5. The Hall–Kier alpha value is -4.69. The van der Waals surface area contributed by atoms with E-state index in [0.29, 0.717) is 255 Å². The van der Waals surface area contributed by atoms with E-state index in [1.165, 1.54) is 128 Å². The molecule has 0 aliphatic heterocycles. The monoisotopic (exact) mass is 1690 g/mol. The Kier molecular flexibility index (Phi) is 97.3. The van der Waals surface area contributed by atoms with Crippen LogP contribution in [0.25, 0.3) is 0 Å². The molecule has 2 unspecified atom stereocenters. The van der Waals surface area contributed by atoms with Crippen molar-refractivity contribution in [2.24, 2.45) is 11.8 Å². The van der Waals surface area contributed by atoms with Gasteiger partial charge in [-0.15, -0.1) is 0 Å². The average molecular weight is 1700 g/mol. The van der Waals surface area contributed by atoms with Gasteiger partial charge in [0.1, 0.15) is 17.3 Å². The van der Waals surface area contributed by atoms with E-state index in [4.69, 9.17) is 66.7 Å². The molecule has 696 valence electrons. The molecule has 0 aromatic rings. The number of carbonyl (C=O) groups is 9. The fraction of sp³-hybridized carbons (Fsp3) is 0.900. The first-order valence-corrected chi connectivity index (χ1v) is 45.7. The Morgan fingerprint density at radius 2 is 0.475 bits per heavy atom. The number of carboxylic acid groups (broad SMARTS) is 3. The van der Waals surface area contributed by atoms with Gasteiger partial charge in [-0.3, -0.25) is 43.2 Å². The third kappa shape index (κ3) is 96.8. The zero-order valence-corrected chi connectivity index (χ0v) is 73.5. The molecule has 0 saturated heterocycles. The predicted molar refractivity (Wildman–Crippen MR) is 461 cm³/mol. The second-order valence-corrected chi connectivity index (χ2v) is 30.0. The average Bonchev–Trinajstić information content (AvgIpc) is 0.943. The summed E-state index contributed by atoms with van der Waals surface area (Å²) in [5.41, 5.74) is 0. The molecule has 118 heavy (non-hydrogen) atoms.